The van der Waals surface area contributed by atoms with E-state index < -0.39 is 0 Å². The molecule has 0 aliphatic carbocycles. The molecule has 1 N–H and O–H groups in total. The van der Waals surface area contributed by atoms with Gasteiger partial charge in [-0.15, -0.1) is 0 Å². The molecule has 0 atom stereocenters. The molecule has 0 unspecified atom stereocenters. The minimum atomic E-state index is 1.03. The van der Waals surface area contributed by atoms with E-state index in [2.05, 4.69) is 17.6 Å². The van der Waals surface area contributed by atoms with Gasteiger partial charge in [-0.1, -0.05) is 6.08 Å². The van der Waals surface area contributed by atoms with Gasteiger partial charge in [0.2, 0.25) is 0 Å². The monoisotopic (exact) mass is 153 g/mol. The van der Waals surface area contributed by atoms with Crippen LogP contribution in [0.4, 0.5) is 0 Å². The van der Waals surface area contributed by atoms with Crippen molar-refractivity contribution < 1.29 is 0 Å². The predicted octanol–water partition coefficient (Wildman–Crippen LogP) is 1.54. The van der Waals surface area contributed by atoms with E-state index in [0.29, 0.717) is 0 Å². The highest BCUT2D eigenvalue weighted by atomic mass is 32.2. The Morgan fingerprint density at radius 3 is 3.30 bits per heavy atom. The Kier molecular flexibility index (Phi) is 1.72. The molecule has 0 bridgehead atoms. The second kappa shape index (κ2) is 2.70. The van der Waals surface area contributed by atoms with E-state index in [9.17, 15) is 0 Å². The van der Waals surface area contributed by atoms with Crippen LogP contribution in [0, 0.1) is 0 Å². The van der Waals surface area contributed by atoms with Crippen molar-refractivity contribution in [3.63, 3.8) is 0 Å². The van der Waals surface area contributed by atoms with Gasteiger partial charge in [0, 0.05) is 18.5 Å². The molecule has 2 aliphatic rings. The van der Waals surface area contributed by atoms with Gasteiger partial charge in [-0.05, 0) is 23.3 Å². The molecular formula is C8H11NS. The van der Waals surface area contributed by atoms with E-state index >= 15 is 0 Å². The van der Waals surface area contributed by atoms with E-state index in [-0.39, 0.29) is 0 Å². The van der Waals surface area contributed by atoms with Crippen LogP contribution in [0.2, 0.25) is 0 Å². The number of nitrogens with one attached hydrogen (secondary N) is 1. The highest BCUT2D eigenvalue weighted by Gasteiger charge is 2.12. The maximum absolute atomic E-state index is 3.24. The molecule has 2 rings (SSSR count). The van der Waals surface area contributed by atoms with Gasteiger partial charge in [-0.25, -0.2) is 0 Å². The number of hydrogen-bond acceptors (Lipinski definition) is 2. The van der Waals surface area contributed by atoms with Gasteiger partial charge < -0.3 is 5.32 Å². The molecular weight excluding hydrogens is 142 g/mol. The molecule has 1 saturated heterocycles. The Balaban J connectivity index is 2.19. The number of hydrogen-bond donors (Lipinski definition) is 1. The minimum Gasteiger partial charge on any atom is -0.387 e. The average molecular weight is 153 g/mol. The second-order valence-corrected chi connectivity index (χ2v) is 3.71. The summed E-state index contributed by atoms with van der Waals surface area (Å²) in [5.74, 6) is 2.53. The van der Waals surface area contributed by atoms with Crippen LogP contribution >= 0.6 is 11.8 Å². The molecule has 0 aromatic heterocycles. The van der Waals surface area contributed by atoms with Crippen molar-refractivity contribution in [1.82, 2.24) is 5.32 Å². The third kappa shape index (κ3) is 1.08. The van der Waals surface area contributed by atoms with Crippen molar-refractivity contribution >= 4 is 11.8 Å². The Morgan fingerprint density at radius 2 is 2.40 bits per heavy atom. The van der Waals surface area contributed by atoms with Gasteiger partial charge in [0.1, 0.15) is 0 Å². The van der Waals surface area contributed by atoms with Gasteiger partial charge in [0.05, 0.1) is 0 Å². The predicted molar refractivity (Wildman–Crippen MR) is 46.1 cm³/mol. The summed E-state index contributed by atoms with van der Waals surface area (Å²) in [4.78, 5) is 0. The van der Waals surface area contributed by atoms with Crippen LogP contribution in [0.15, 0.2) is 23.4 Å². The van der Waals surface area contributed by atoms with Gasteiger partial charge in [-0.3, -0.25) is 0 Å². The van der Waals surface area contributed by atoms with Crippen LogP contribution in [-0.4, -0.2) is 18.1 Å². The first-order valence-electron chi connectivity index (χ1n) is 3.66. The summed E-state index contributed by atoms with van der Waals surface area (Å²) in [5, 5.41) is 3.24. The molecule has 1 fully saturated rings. The Morgan fingerprint density at radius 1 is 1.40 bits per heavy atom. The summed E-state index contributed by atoms with van der Waals surface area (Å²) in [5.41, 5.74) is 3.10. The molecule has 0 radical (unpaired) electrons. The van der Waals surface area contributed by atoms with Crippen molar-refractivity contribution in [3.8, 4) is 0 Å². The fraction of sp³-hybridized carbons (Fsp3) is 0.500. The molecule has 2 heteroatoms. The normalized spacial score (nSPS) is 24.0. The van der Waals surface area contributed by atoms with Crippen molar-refractivity contribution in [3.05, 3.63) is 23.4 Å². The SMILES string of the molecule is C1=C2CCSCC2=CCN1. The lowest BCUT2D eigenvalue weighted by Crippen LogP contribution is -2.16. The van der Waals surface area contributed by atoms with Gasteiger partial charge in [0.25, 0.3) is 0 Å². The Hall–Kier alpha value is -0.370. The van der Waals surface area contributed by atoms with Crippen molar-refractivity contribution in [2.45, 2.75) is 6.42 Å². The second-order valence-electron chi connectivity index (χ2n) is 2.61. The fourth-order valence-electron chi connectivity index (χ4n) is 1.34. The van der Waals surface area contributed by atoms with E-state index in [0.717, 1.165) is 6.54 Å². The summed E-state index contributed by atoms with van der Waals surface area (Å²) in [6.45, 7) is 1.03. The summed E-state index contributed by atoms with van der Waals surface area (Å²) in [6.07, 6.45) is 5.74. The molecule has 0 amide bonds. The van der Waals surface area contributed by atoms with Crippen LogP contribution in [0.1, 0.15) is 6.42 Å². The van der Waals surface area contributed by atoms with Crippen LogP contribution in [-0.2, 0) is 0 Å². The zero-order valence-electron chi connectivity index (χ0n) is 5.89. The van der Waals surface area contributed by atoms with Crippen molar-refractivity contribution in [2.24, 2.45) is 0 Å². The lowest BCUT2D eigenvalue weighted by molar-refractivity contribution is 0.906. The molecule has 0 spiro atoms. The van der Waals surface area contributed by atoms with Crippen LogP contribution in [0.3, 0.4) is 0 Å². The highest BCUT2D eigenvalue weighted by molar-refractivity contribution is 7.99. The number of fused-ring (bicyclic) bond motifs is 1. The molecule has 0 aromatic carbocycles. The maximum Gasteiger partial charge on any atom is 0.0331 e. The molecule has 54 valence electrons. The molecule has 2 heterocycles. The molecule has 2 aliphatic heterocycles. The molecule has 0 aromatic rings. The van der Waals surface area contributed by atoms with E-state index in [1.807, 2.05) is 11.8 Å². The van der Waals surface area contributed by atoms with Crippen LogP contribution in [0.25, 0.3) is 0 Å². The Labute approximate surface area is 65.6 Å². The van der Waals surface area contributed by atoms with Crippen molar-refractivity contribution in [1.29, 1.82) is 0 Å². The topological polar surface area (TPSA) is 12.0 Å². The standard InChI is InChI=1S/C8H11NS/c1-3-9-5-7-2-4-10-6-8(1)7/h1,5,9H,2-4,6H2. The summed E-state index contributed by atoms with van der Waals surface area (Å²) >= 11 is 2.04. The average Bonchev–Trinajstić information content (AvgIpc) is 2.05. The number of allylic oxidation sites excluding steroid dienone is 1. The molecule has 1 nitrogen and oxygen atoms in total. The summed E-state index contributed by atoms with van der Waals surface area (Å²) < 4.78 is 0. The van der Waals surface area contributed by atoms with Gasteiger partial charge in [-0.2, -0.15) is 11.8 Å². The zero-order chi connectivity index (χ0) is 6.81. The number of dihydropyridines is 1. The fourth-order valence-corrected chi connectivity index (χ4v) is 2.37. The van der Waals surface area contributed by atoms with Crippen molar-refractivity contribution in [2.75, 3.05) is 18.1 Å². The van der Waals surface area contributed by atoms with E-state index in [1.165, 1.54) is 23.5 Å². The first kappa shape index (κ1) is 6.35. The minimum absolute atomic E-state index is 1.03. The van der Waals surface area contributed by atoms with E-state index in [4.69, 9.17) is 0 Å². The highest BCUT2D eigenvalue weighted by Crippen LogP contribution is 2.27. The first-order chi connectivity index (χ1) is 4.97. The number of thioether (sulfide) groups is 1. The molecule has 0 saturated carbocycles. The maximum atomic E-state index is 3.24. The third-order valence-corrected chi connectivity index (χ3v) is 2.94. The quantitative estimate of drug-likeness (QED) is 0.566. The lowest BCUT2D eigenvalue weighted by Gasteiger charge is -2.21. The summed E-state index contributed by atoms with van der Waals surface area (Å²) in [6, 6.07) is 0. The first-order valence-corrected chi connectivity index (χ1v) is 4.82. The van der Waals surface area contributed by atoms with E-state index in [1.54, 1.807) is 5.57 Å². The van der Waals surface area contributed by atoms with Gasteiger partial charge >= 0.3 is 0 Å². The lowest BCUT2D eigenvalue weighted by atomic mass is 10.0. The molecule has 10 heavy (non-hydrogen) atoms. The van der Waals surface area contributed by atoms with Crippen LogP contribution in [0.5, 0.6) is 0 Å². The largest absolute Gasteiger partial charge is 0.387 e. The zero-order valence-corrected chi connectivity index (χ0v) is 6.71. The number of rotatable bonds is 0. The summed E-state index contributed by atoms with van der Waals surface area (Å²) in [7, 11) is 0. The Bertz CT molecular complexity index is 171. The van der Waals surface area contributed by atoms with Crippen LogP contribution < -0.4 is 5.32 Å². The smallest absolute Gasteiger partial charge is 0.0331 e. The van der Waals surface area contributed by atoms with Gasteiger partial charge in [0.15, 0.2) is 0 Å². The third-order valence-electron chi connectivity index (χ3n) is 1.93.